The second kappa shape index (κ2) is 7.89. The number of nitro groups is 1. The van der Waals surface area contributed by atoms with Gasteiger partial charge in [0.25, 0.3) is 17.5 Å². The summed E-state index contributed by atoms with van der Waals surface area (Å²) in [4.78, 5) is 40.4. The number of imide groups is 1. The summed E-state index contributed by atoms with van der Waals surface area (Å²) in [6.45, 7) is 3.60. The van der Waals surface area contributed by atoms with E-state index in [2.05, 4.69) is 0 Å². The molecule has 0 aliphatic carbocycles. The molecule has 4 rings (SSSR count). The molecule has 0 N–H and O–H groups in total. The molecular formula is C21H18ClN3O5. The third kappa shape index (κ3) is 3.44. The highest BCUT2D eigenvalue weighted by Crippen LogP contribution is 2.37. The topological polar surface area (TPSA) is 93.0 Å². The minimum Gasteiger partial charge on any atom is -0.378 e. The van der Waals surface area contributed by atoms with Crippen molar-refractivity contribution in [3.63, 3.8) is 0 Å². The van der Waals surface area contributed by atoms with Crippen molar-refractivity contribution in [1.29, 1.82) is 0 Å². The molecule has 154 valence electrons. The monoisotopic (exact) mass is 427 g/mol. The number of carbonyl (C=O) groups is 2. The molecule has 30 heavy (non-hydrogen) atoms. The van der Waals surface area contributed by atoms with Crippen molar-refractivity contribution < 1.29 is 19.2 Å². The maximum Gasteiger partial charge on any atom is 0.282 e. The zero-order valence-electron chi connectivity index (χ0n) is 16.1. The molecule has 0 bridgehead atoms. The smallest absolute Gasteiger partial charge is 0.282 e. The number of nitrogens with zero attached hydrogens (tertiary/aromatic N) is 3. The Morgan fingerprint density at radius 2 is 1.70 bits per heavy atom. The van der Waals surface area contributed by atoms with Crippen LogP contribution < -0.4 is 4.90 Å². The molecule has 2 amide bonds. The van der Waals surface area contributed by atoms with Gasteiger partial charge in [0, 0.05) is 30.2 Å². The summed E-state index contributed by atoms with van der Waals surface area (Å²) >= 11 is 6.04. The van der Waals surface area contributed by atoms with Crippen LogP contribution in [0.4, 0.5) is 11.4 Å². The fourth-order valence-corrected chi connectivity index (χ4v) is 3.92. The van der Waals surface area contributed by atoms with Crippen molar-refractivity contribution in [1.82, 2.24) is 4.90 Å². The van der Waals surface area contributed by atoms with E-state index in [0.717, 1.165) is 4.90 Å². The van der Waals surface area contributed by atoms with Crippen LogP contribution in [0.2, 0.25) is 5.02 Å². The molecule has 0 radical (unpaired) electrons. The van der Waals surface area contributed by atoms with Gasteiger partial charge < -0.3 is 9.64 Å². The number of anilines is 1. The zero-order chi connectivity index (χ0) is 21.4. The van der Waals surface area contributed by atoms with Gasteiger partial charge in [0.2, 0.25) is 0 Å². The summed E-state index contributed by atoms with van der Waals surface area (Å²) in [7, 11) is 0. The van der Waals surface area contributed by atoms with E-state index in [0.29, 0.717) is 48.1 Å². The average Bonchev–Trinajstić information content (AvgIpc) is 2.99. The number of hydrogen-bond donors (Lipinski definition) is 0. The van der Waals surface area contributed by atoms with Crippen LogP contribution in [0, 0.1) is 17.0 Å². The summed E-state index contributed by atoms with van der Waals surface area (Å²) in [5.74, 6) is -0.901. The molecule has 0 spiro atoms. The second-order valence-corrected chi connectivity index (χ2v) is 7.44. The predicted molar refractivity (Wildman–Crippen MR) is 111 cm³/mol. The van der Waals surface area contributed by atoms with E-state index < -0.39 is 16.7 Å². The highest BCUT2D eigenvalue weighted by atomic mass is 35.5. The number of non-ortho nitro benzene ring substituents is 1. The Kier molecular flexibility index (Phi) is 5.27. The molecule has 0 aromatic heterocycles. The van der Waals surface area contributed by atoms with E-state index in [1.165, 1.54) is 24.3 Å². The first-order valence-corrected chi connectivity index (χ1v) is 9.73. The summed E-state index contributed by atoms with van der Waals surface area (Å²) in [6, 6.07) is 10.6. The lowest BCUT2D eigenvalue weighted by molar-refractivity contribution is -0.384. The fourth-order valence-electron chi connectivity index (χ4n) is 3.70. The van der Waals surface area contributed by atoms with Crippen molar-refractivity contribution in [2.45, 2.75) is 6.92 Å². The van der Waals surface area contributed by atoms with Crippen LogP contribution in [0.1, 0.15) is 11.1 Å². The molecule has 2 aromatic rings. The van der Waals surface area contributed by atoms with Gasteiger partial charge >= 0.3 is 0 Å². The lowest BCUT2D eigenvalue weighted by atomic mass is 10.0. The van der Waals surface area contributed by atoms with Crippen molar-refractivity contribution in [2.24, 2.45) is 0 Å². The minimum absolute atomic E-state index is 0.0885. The molecule has 1 fully saturated rings. The number of carbonyl (C=O) groups excluding carboxylic acids is 2. The number of hydrogen-bond acceptors (Lipinski definition) is 6. The largest absolute Gasteiger partial charge is 0.378 e. The number of benzene rings is 2. The van der Waals surface area contributed by atoms with Crippen LogP contribution in [0.3, 0.4) is 0 Å². The maximum absolute atomic E-state index is 13.4. The van der Waals surface area contributed by atoms with Crippen LogP contribution in [0.25, 0.3) is 5.57 Å². The van der Waals surface area contributed by atoms with E-state index in [9.17, 15) is 19.7 Å². The molecule has 0 unspecified atom stereocenters. The molecule has 2 aliphatic heterocycles. The van der Waals surface area contributed by atoms with Gasteiger partial charge in [-0.25, -0.2) is 4.90 Å². The Hall–Kier alpha value is -3.23. The fraction of sp³-hybridized carbons (Fsp3) is 0.238. The highest BCUT2D eigenvalue weighted by Gasteiger charge is 2.43. The third-order valence-electron chi connectivity index (χ3n) is 5.15. The van der Waals surface area contributed by atoms with Crippen molar-refractivity contribution in [3.8, 4) is 0 Å². The highest BCUT2D eigenvalue weighted by molar-refractivity contribution is 6.45. The SMILES string of the molecule is Cc1cc(Cl)ccc1N1C(=O)C(c2ccc([N+](=O)[O-])cc2)=C(N2CCOCC2)C1=O. The molecule has 2 aromatic carbocycles. The predicted octanol–water partition coefficient (Wildman–Crippen LogP) is 3.17. The molecule has 9 heteroatoms. The van der Waals surface area contributed by atoms with Gasteiger partial charge in [-0.1, -0.05) is 11.6 Å². The first-order chi connectivity index (χ1) is 14.4. The summed E-state index contributed by atoms with van der Waals surface area (Å²) in [5.41, 5.74) is 2.02. The molecule has 8 nitrogen and oxygen atoms in total. The Bertz CT molecular complexity index is 1070. The number of halogens is 1. The first-order valence-electron chi connectivity index (χ1n) is 9.35. The lowest BCUT2D eigenvalue weighted by Gasteiger charge is -2.29. The van der Waals surface area contributed by atoms with Gasteiger partial charge in [0.15, 0.2) is 0 Å². The van der Waals surface area contributed by atoms with Crippen LogP contribution in [0.5, 0.6) is 0 Å². The van der Waals surface area contributed by atoms with Gasteiger partial charge in [0.1, 0.15) is 5.70 Å². The van der Waals surface area contributed by atoms with Gasteiger partial charge in [-0.3, -0.25) is 19.7 Å². The minimum atomic E-state index is -0.508. The van der Waals surface area contributed by atoms with Crippen LogP contribution in [-0.4, -0.2) is 47.9 Å². The normalized spacial score (nSPS) is 17.1. The second-order valence-electron chi connectivity index (χ2n) is 7.00. The summed E-state index contributed by atoms with van der Waals surface area (Å²) in [6.07, 6.45) is 0. The Morgan fingerprint density at radius 3 is 2.30 bits per heavy atom. The number of nitro benzene ring substituents is 1. The lowest BCUT2D eigenvalue weighted by Crippen LogP contribution is -2.40. The van der Waals surface area contributed by atoms with E-state index in [-0.39, 0.29) is 17.0 Å². The van der Waals surface area contributed by atoms with Gasteiger partial charge in [-0.15, -0.1) is 0 Å². The van der Waals surface area contributed by atoms with Gasteiger partial charge in [-0.2, -0.15) is 0 Å². The first kappa shape index (κ1) is 20.1. The number of amides is 2. The molecule has 2 heterocycles. The number of aryl methyl sites for hydroxylation is 1. The Morgan fingerprint density at radius 1 is 1.03 bits per heavy atom. The molecule has 2 aliphatic rings. The zero-order valence-corrected chi connectivity index (χ0v) is 16.9. The number of morpholine rings is 1. The van der Waals surface area contributed by atoms with Crippen LogP contribution >= 0.6 is 11.6 Å². The van der Waals surface area contributed by atoms with Crippen molar-refractivity contribution in [2.75, 3.05) is 31.2 Å². The quantitative estimate of drug-likeness (QED) is 0.422. The van der Waals surface area contributed by atoms with E-state index >= 15 is 0 Å². The standard InChI is InChI=1S/C21H18ClN3O5/c1-13-12-15(22)4-7-17(13)24-20(26)18(14-2-5-16(6-3-14)25(28)29)19(21(24)27)23-8-10-30-11-9-23/h2-7,12H,8-11H2,1H3. The maximum atomic E-state index is 13.4. The molecule has 0 atom stereocenters. The van der Waals surface area contributed by atoms with Gasteiger partial charge in [-0.05, 0) is 48.4 Å². The summed E-state index contributed by atoms with van der Waals surface area (Å²) in [5, 5.41) is 11.5. The molecule has 0 saturated carbocycles. The van der Waals surface area contributed by atoms with E-state index in [1.807, 2.05) is 4.90 Å². The van der Waals surface area contributed by atoms with Crippen LogP contribution in [0.15, 0.2) is 48.2 Å². The Balaban J connectivity index is 1.83. The van der Waals surface area contributed by atoms with Crippen LogP contribution in [-0.2, 0) is 14.3 Å². The van der Waals surface area contributed by atoms with Crippen molar-refractivity contribution in [3.05, 3.63) is 74.4 Å². The third-order valence-corrected chi connectivity index (χ3v) is 5.39. The van der Waals surface area contributed by atoms with Crippen molar-refractivity contribution >= 4 is 40.4 Å². The average molecular weight is 428 g/mol. The number of ether oxygens (including phenoxy) is 1. The molecular weight excluding hydrogens is 410 g/mol. The Labute approximate surface area is 177 Å². The van der Waals surface area contributed by atoms with E-state index in [4.69, 9.17) is 16.3 Å². The van der Waals surface area contributed by atoms with Gasteiger partial charge in [0.05, 0.1) is 29.4 Å². The number of rotatable bonds is 4. The van der Waals surface area contributed by atoms with E-state index in [1.54, 1.807) is 25.1 Å². The molecule has 1 saturated heterocycles. The summed E-state index contributed by atoms with van der Waals surface area (Å²) < 4.78 is 5.38.